The fourth-order valence-corrected chi connectivity index (χ4v) is 4.58. The minimum atomic E-state index is -0.829. The van der Waals surface area contributed by atoms with Crippen LogP contribution in [0.1, 0.15) is 74.1 Å². The summed E-state index contributed by atoms with van der Waals surface area (Å²) in [5.74, 6) is -0.0869. The van der Waals surface area contributed by atoms with Gasteiger partial charge in [-0.2, -0.15) is 0 Å². The highest BCUT2D eigenvalue weighted by Gasteiger charge is 2.59. The molecule has 2 aliphatic heterocycles. The predicted octanol–water partition coefficient (Wildman–Crippen LogP) is 3.47. The summed E-state index contributed by atoms with van der Waals surface area (Å²) in [5.41, 5.74) is -1.78. The summed E-state index contributed by atoms with van der Waals surface area (Å²) in [6, 6.07) is -0.257. The molecule has 0 saturated carbocycles. The topological polar surface area (TPSA) is 58.6 Å². The van der Waals surface area contributed by atoms with Crippen LogP contribution in [0.25, 0.3) is 0 Å². The number of hydrogen-bond donors (Lipinski definition) is 1. The van der Waals surface area contributed by atoms with Crippen LogP contribution >= 0.6 is 0 Å². The Morgan fingerprint density at radius 1 is 1.13 bits per heavy atom. The first-order valence-electron chi connectivity index (χ1n) is 8.66. The minimum absolute atomic E-state index is 0.0660. The Kier molecular flexibility index (Phi) is 4.34. The molecule has 3 amide bonds. The first kappa shape index (κ1) is 18.2. The van der Waals surface area contributed by atoms with Crippen LogP contribution < -0.4 is 5.32 Å². The van der Waals surface area contributed by atoms with Gasteiger partial charge in [-0.3, -0.25) is 9.69 Å². The highest BCUT2D eigenvalue weighted by Crippen LogP contribution is 2.44. The molecular formula is C18H32N2O3. The van der Waals surface area contributed by atoms with Crippen molar-refractivity contribution in [3.05, 3.63) is 0 Å². The van der Waals surface area contributed by atoms with E-state index in [1.54, 1.807) is 0 Å². The second-order valence-electron chi connectivity index (χ2n) is 9.29. The molecule has 0 bridgehead atoms. The molecule has 1 N–H and O–H groups in total. The Morgan fingerprint density at radius 2 is 1.65 bits per heavy atom. The molecule has 0 unspecified atom stereocenters. The van der Waals surface area contributed by atoms with Gasteiger partial charge in [0, 0.05) is 19.4 Å². The summed E-state index contributed by atoms with van der Waals surface area (Å²) < 4.78 is 6.08. The van der Waals surface area contributed by atoms with E-state index >= 15 is 0 Å². The molecule has 23 heavy (non-hydrogen) atoms. The van der Waals surface area contributed by atoms with Crippen LogP contribution in [0.3, 0.4) is 0 Å². The number of rotatable bonds is 4. The average Bonchev–Trinajstić information content (AvgIpc) is 2.48. The Bertz CT molecular complexity index is 492. The van der Waals surface area contributed by atoms with Crippen molar-refractivity contribution in [1.29, 1.82) is 0 Å². The molecule has 1 spiro atoms. The van der Waals surface area contributed by atoms with Gasteiger partial charge >= 0.3 is 6.03 Å². The fourth-order valence-electron chi connectivity index (χ4n) is 4.58. The number of carbonyl (C=O) groups is 2. The summed E-state index contributed by atoms with van der Waals surface area (Å²) in [6.45, 7) is 14.8. The van der Waals surface area contributed by atoms with E-state index in [-0.39, 0.29) is 17.4 Å². The van der Waals surface area contributed by atoms with Crippen LogP contribution in [-0.4, -0.2) is 40.1 Å². The normalized spacial score (nSPS) is 25.8. The Labute approximate surface area is 140 Å². The van der Waals surface area contributed by atoms with Crippen molar-refractivity contribution in [3.63, 3.8) is 0 Å². The lowest BCUT2D eigenvalue weighted by Gasteiger charge is -2.49. The number of carbonyl (C=O) groups excluding carboxylic acids is 2. The minimum Gasteiger partial charge on any atom is -0.369 e. The lowest BCUT2D eigenvalue weighted by Crippen LogP contribution is -2.61. The van der Waals surface area contributed by atoms with Crippen LogP contribution in [0.5, 0.6) is 0 Å². The van der Waals surface area contributed by atoms with Crippen molar-refractivity contribution in [2.75, 3.05) is 6.54 Å². The van der Waals surface area contributed by atoms with E-state index in [4.69, 9.17) is 4.74 Å². The molecule has 132 valence electrons. The van der Waals surface area contributed by atoms with Crippen LogP contribution in [0, 0.1) is 5.41 Å². The summed E-state index contributed by atoms with van der Waals surface area (Å²) >= 11 is 0. The summed E-state index contributed by atoms with van der Waals surface area (Å²) in [7, 11) is 0. The molecule has 0 aromatic rings. The lowest BCUT2D eigenvalue weighted by atomic mass is 9.74. The summed E-state index contributed by atoms with van der Waals surface area (Å²) in [4.78, 5) is 27.1. The van der Waals surface area contributed by atoms with E-state index in [2.05, 4.69) is 26.1 Å². The lowest BCUT2D eigenvalue weighted by molar-refractivity contribution is -0.185. The molecule has 5 heteroatoms. The third-order valence-electron chi connectivity index (χ3n) is 4.77. The number of imide groups is 1. The maximum Gasteiger partial charge on any atom is 0.325 e. The summed E-state index contributed by atoms with van der Waals surface area (Å²) in [6.07, 6.45) is 3.05. The van der Waals surface area contributed by atoms with E-state index in [0.717, 1.165) is 12.8 Å². The van der Waals surface area contributed by atoms with Gasteiger partial charge < -0.3 is 10.1 Å². The molecule has 0 radical (unpaired) electrons. The predicted molar refractivity (Wildman–Crippen MR) is 90.1 cm³/mol. The van der Waals surface area contributed by atoms with E-state index in [1.165, 1.54) is 4.90 Å². The van der Waals surface area contributed by atoms with Crippen LogP contribution in [0.2, 0.25) is 0 Å². The van der Waals surface area contributed by atoms with Crippen LogP contribution in [-0.2, 0) is 9.53 Å². The van der Waals surface area contributed by atoms with E-state index in [0.29, 0.717) is 19.4 Å². The number of urea groups is 1. The van der Waals surface area contributed by atoms with E-state index in [1.807, 2.05) is 27.7 Å². The quantitative estimate of drug-likeness (QED) is 0.806. The number of ether oxygens (including phenoxy) is 1. The van der Waals surface area contributed by atoms with Crippen molar-refractivity contribution in [2.24, 2.45) is 5.41 Å². The monoisotopic (exact) mass is 324 g/mol. The van der Waals surface area contributed by atoms with Crippen molar-refractivity contribution in [2.45, 2.75) is 90.9 Å². The smallest absolute Gasteiger partial charge is 0.325 e. The number of nitrogens with zero attached hydrogens (tertiary/aromatic N) is 1. The standard InChI is InChI=1S/C18H32N2O3/c1-8-9-15(2,3)12-20-13(21)18(19-14(20)22)10-16(4,5)23-17(6,7)11-18/h8-12H2,1-7H3,(H,19,22). The third-order valence-corrected chi connectivity index (χ3v) is 4.77. The zero-order valence-electron chi connectivity index (χ0n) is 15.7. The molecule has 2 rings (SSSR count). The van der Waals surface area contributed by atoms with Gasteiger partial charge in [0.2, 0.25) is 0 Å². The van der Waals surface area contributed by atoms with Crippen molar-refractivity contribution < 1.29 is 14.3 Å². The maximum absolute atomic E-state index is 13.1. The second-order valence-corrected chi connectivity index (χ2v) is 9.29. The maximum atomic E-state index is 13.1. The largest absolute Gasteiger partial charge is 0.369 e. The van der Waals surface area contributed by atoms with Gasteiger partial charge in [-0.15, -0.1) is 0 Å². The number of nitrogens with one attached hydrogen (secondary N) is 1. The van der Waals surface area contributed by atoms with Gasteiger partial charge in [-0.05, 0) is 39.5 Å². The number of amides is 3. The van der Waals surface area contributed by atoms with Crippen LogP contribution in [0.15, 0.2) is 0 Å². The highest BCUT2D eigenvalue weighted by molar-refractivity contribution is 6.07. The first-order valence-corrected chi connectivity index (χ1v) is 8.66. The zero-order chi connectivity index (χ0) is 17.7. The average molecular weight is 324 g/mol. The van der Waals surface area contributed by atoms with Crippen molar-refractivity contribution in [1.82, 2.24) is 10.2 Å². The molecule has 2 heterocycles. The van der Waals surface area contributed by atoms with Gasteiger partial charge in [0.1, 0.15) is 5.54 Å². The van der Waals surface area contributed by atoms with Crippen molar-refractivity contribution >= 4 is 11.9 Å². The van der Waals surface area contributed by atoms with Gasteiger partial charge in [0.05, 0.1) is 11.2 Å². The Morgan fingerprint density at radius 3 is 2.13 bits per heavy atom. The van der Waals surface area contributed by atoms with Gasteiger partial charge in [-0.25, -0.2) is 4.79 Å². The fraction of sp³-hybridized carbons (Fsp3) is 0.889. The van der Waals surface area contributed by atoms with Gasteiger partial charge in [-0.1, -0.05) is 27.2 Å². The van der Waals surface area contributed by atoms with Crippen molar-refractivity contribution in [3.8, 4) is 0 Å². The third kappa shape index (κ3) is 3.70. The van der Waals surface area contributed by atoms with E-state index < -0.39 is 16.7 Å². The number of hydrogen-bond acceptors (Lipinski definition) is 3. The zero-order valence-corrected chi connectivity index (χ0v) is 15.7. The molecule has 2 fully saturated rings. The van der Waals surface area contributed by atoms with E-state index in [9.17, 15) is 9.59 Å². The molecular weight excluding hydrogens is 292 g/mol. The Balaban J connectivity index is 2.27. The summed E-state index contributed by atoms with van der Waals surface area (Å²) in [5, 5.41) is 3.00. The Hall–Kier alpha value is -1.10. The highest BCUT2D eigenvalue weighted by atomic mass is 16.5. The first-order chi connectivity index (χ1) is 10.3. The molecule has 0 aromatic carbocycles. The van der Waals surface area contributed by atoms with Gasteiger partial charge in [0.15, 0.2) is 0 Å². The SMILES string of the molecule is CCCC(C)(C)CN1C(=O)NC2(CC(C)(C)OC(C)(C)C2)C1=O. The van der Waals surface area contributed by atoms with Gasteiger partial charge in [0.25, 0.3) is 5.91 Å². The molecule has 2 saturated heterocycles. The molecule has 0 aliphatic carbocycles. The second kappa shape index (κ2) is 5.47. The molecule has 2 aliphatic rings. The molecule has 0 atom stereocenters. The molecule has 5 nitrogen and oxygen atoms in total. The molecule has 0 aromatic heterocycles. The van der Waals surface area contributed by atoms with Crippen LogP contribution in [0.4, 0.5) is 4.79 Å².